The molecule has 18 heavy (non-hydrogen) atoms. The molecule has 100 valence electrons. The maximum atomic E-state index is 6.05. The second kappa shape index (κ2) is 5.39. The predicted molar refractivity (Wildman–Crippen MR) is 69.8 cm³/mol. The summed E-state index contributed by atoms with van der Waals surface area (Å²) >= 11 is 0. The molecule has 1 aromatic heterocycles. The minimum Gasteiger partial charge on any atom is -0.476 e. The summed E-state index contributed by atoms with van der Waals surface area (Å²) in [4.78, 5) is 10.3. The van der Waals surface area contributed by atoms with E-state index in [4.69, 9.17) is 15.2 Å². The third kappa shape index (κ3) is 2.33. The van der Waals surface area contributed by atoms with Crippen molar-refractivity contribution in [3.8, 4) is 5.88 Å². The SMILES string of the molecule is CCOc1ncnc(N(C)C2CCOC2C)c1N. The Morgan fingerprint density at radius 2 is 2.33 bits per heavy atom. The third-order valence-corrected chi connectivity index (χ3v) is 3.28. The van der Waals surface area contributed by atoms with Gasteiger partial charge in [-0.1, -0.05) is 0 Å². The molecule has 0 radical (unpaired) electrons. The van der Waals surface area contributed by atoms with Crippen LogP contribution >= 0.6 is 0 Å². The van der Waals surface area contributed by atoms with Crippen LogP contribution in [0.15, 0.2) is 6.33 Å². The Morgan fingerprint density at radius 1 is 1.56 bits per heavy atom. The van der Waals surface area contributed by atoms with Crippen LogP contribution in [0.2, 0.25) is 0 Å². The summed E-state index contributed by atoms with van der Waals surface area (Å²) in [7, 11) is 1.98. The number of rotatable bonds is 4. The normalized spacial score (nSPS) is 23.1. The van der Waals surface area contributed by atoms with E-state index < -0.39 is 0 Å². The van der Waals surface area contributed by atoms with Gasteiger partial charge in [0.15, 0.2) is 5.82 Å². The largest absolute Gasteiger partial charge is 0.476 e. The zero-order valence-corrected chi connectivity index (χ0v) is 11.1. The summed E-state index contributed by atoms with van der Waals surface area (Å²) in [6.07, 6.45) is 2.64. The lowest BCUT2D eigenvalue weighted by Crippen LogP contribution is -2.37. The van der Waals surface area contributed by atoms with Gasteiger partial charge in [0.2, 0.25) is 5.88 Å². The van der Waals surface area contributed by atoms with Gasteiger partial charge in [-0.05, 0) is 20.3 Å². The lowest BCUT2D eigenvalue weighted by molar-refractivity contribution is 0.118. The first kappa shape index (κ1) is 12.9. The summed E-state index contributed by atoms with van der Waals surface area (Å²) < 4.78 is 11.0. The van der Waals surface area contributed by atoms with Gasteiger partial charge in [0.25, 0.3) is 0 Å². The molecular formula is C12H20N4O2. The molecule has 2 N–H and O–H groups in total. The number of hydrogen-bond donors (Lipinski definition) is 1. The molecule has 6 heteroatoms. The zero-order chi connectivity index (χ0) is 13.1. The van der Waals surface area contributed by atoms with E-state index in [1.807, 2.05) is 14.0 Å². The van der Waals surface area contributed by atoms with Gasteiger partial charge in [-0.15, -0.1) is 0 Å². The minimum atomic E-state index is 0.180. The van der Waals surface area contributed by atoms with Gasteiger partial charge < -0.3 is 20.1 Å². The van der Waals surface area contributed by atoms with Crippen molar-refractivity contribution in [3.05, 3.63) is 6.33 Å². The number of nitrogens with zero attached hydrogens (tertiary/aromatic N) is 3. The summed E-state index contributed by atoms with van der Waals surface area (Å²) in [6, 6.07) is 0.289. The molecule has 1 fully saturated rings. The highest BCUT2D eigenvalue weighted by Gasteiger charge is 2.30. The molecule has 6 nitrogen and oxygen atoms in total. The minimum absolute atomic E-state index is 0.180. The van der Waals surface area contributed by atoms with E-state index in [1.165, 1.54) is 6.33 Å². The molecule has 2 rings (SSSR count). The second-order valence-corrected chi connectivity index (χ2v) is 4.39. The third-order valence-electron chi connectivity index (χ3n) is 3.28. The lowest BCUT2D eigenvalue weighted by Gasteiger charge is -2.28. The van der Waals surface area contributed by atoms with Gasteiger partial charge in [-0.2, -0.15) is 4.98 Å². The van der Waals surface area contributed by atoms with Gasteiger partial charge in [0.1, 0.15) is 12.0 Å². The maximum absolute atomic E-state index is 6.05. The van der Waals surface area contributed by atoms with Crippen molar-refractivity contribution in [2.45, 2.75) is 32.4 Å². The molecule has 0 aromatic carbocycles. The molecule has 1 saturated heterocycles. The Labute approximate surface area is 107 Å². The van der Waals surface area contributed by atoms with Crippen LogP contribution in [-0.4, -0.2) is 42.4 Å². The van der Waals surface area contributed by atoms with Crippen LogP contribution in [0.1, 0.15) is 20.3 Å². The standard InChI is InChI=1S/C12H20N4O2/c1-4-17-12-10(13)11(14-7-15-12)16(3)9-5-6-18-8(9)2/h7-9H,4-6,13H2,1-3H3. The predicted octanol–water partition coefficient (Wildman–Crippen LogP) is 1.07. The fourth-order valence-corrected chi connectivity index (χ4v) is 2.29. The highest BCUT2D eigenvalue weighted by Crippen LogP contribution is 2.31. The van der Waals surface area contributed by atoms with Gasteiger partial charge in [-0.3, -0.25) is 0 Å². The Balaban J connectivity index is 2.24. The van der Waals surface area contributed by atoms with Crippen molar-refractivity contribution >= 4 is 11.5 Å². The lowest BCUT2D eigenvalue weighted by atomic mass is 10.1. The Kier molecular flexibility index (Phi) is 3.86. The first-order valence-electron chi connectivity index (χ1n) is 6.22. The zero-order valence-electron chi connectivity index (χ0n) is 11.1. The van der Waals surface area contributed by atoms with Crippen molar-refractivity contribution in [3.63, 3.8) is 0 Å². The van der Waals surface area contributed by atoms with E-state index in [0.717, 1.165) is 13.0 Å². The van der Waals surface area contributed by atoms with Crippen LogP contribution < -0.4 is 15.4 Å². The van der Waals surface area contributed by atoms with E-state index in [-0.39, 0.29) is 12.1 Å². The molecule has 1 aliphatic rings. The Morgan fingerprint density at radius 3 is 2.94 bits per heavy atom. The van der Waals surface area contributed by atoms with Gasteiger partial charge >= 0.3 is 0 Å². The molecule has 0 saturated carbocycles. The van der Waals surface area contributed by atoms with Gasteiger partial charge in [-0.25, -0.2) is 4.98 Å². The van der Waals surface area contributed by atoms with E-state index in [2.05, 4.69) is 21.8 Å². The van der Waals surface area contributed by atoms with Gasteiger partial charge in [0, 0.05) is 13.7 Å². The maximum Gasteiger partial charge on any atom is 0.242 e. The van der Waals surface area contributed by atoms with Crippen LogP contribution in [0.4, 0.5) is 11.5 Å². The molecule has 0 aliphatic carbocycles. The van der Waals surface area contributed by atoms with Crippen molar-refractivity contribution in [1.29, 1.82) is 0 Å². The number of ether oxygens (including phenoxy) is 2. The van der Waals surface area contributed by atoms with Crippen molar-refractivity contribution in [2.75, 3.05) is 30.9 Å². The molecule has 2 atom stereocenters. The van der Waals surface area contributed by atoms with E-state index in [9.17, 15) is 0 Å². The number of anilines is 2. The molecule has 0 bridgehead atoms. The smallest absolute Gasteiger partial charge is 0.242 e. The summed E-state index contributed by atoms with van der Waals surface area (Å²) in [6.45, 7) is 5.28. The van der Waals surface area contributed by atoms with Crippen LogP contribution in [0.3, 0.4) is 0 Å². The fourth-order valence-electron chi connectivity index (χ4n) is 2.29. The van der Waals surface area contributed by atoms with Gasteiger partial charge in [0.05, 0.1) is 18.8 Å². The summed E-state index contributed by atoms with van der Waals surface area (Å²) in [5.41, 5.74) is 6.54. The van der Waals surface area contributed by atoms with Crippen molar-refractivity contribution in [1.82, 2.24) is 9.97 Å². The topological polar surface area (TPSA) is 73.5 Å². The molecule has 2 heterocycles. The number of nitrogens with two attached hydrogens (primary N) is 1. The van der Waals surface area contributed by atoms with Crippen molar-refractivity contribution in [2.24, 2.45) is 0 Å². The quantitative estimate of drug-likeness (QED) is 0.864. The Hall–Kier alpha value is -1.56. The molecule has 2 unspecified atom stereocenters. The average Bonchev–Trinajstić information content (AvgIpc) is 2.78. The molecule has 0 spiro atoms. The van der Waals surface area contributed by atoms with Crippen LogP contribution in [0.25, 0.3) is 0 Å². The highest BCUT2D eigenvalue weighted by atomic mass is 16.5. The fraction of sp³-hybridized carbons (Fsp3) is 0.667. The summed E-state index contributed by atoms with van der Waals surface area (Å²) in [5.74, 6) is 1.15. The van der Waals surface area contributed by atoms with E-state index in [0.29, 0.717) is 24.0 Å². The summed E-state index contributed by atoms with van der Waals surface area (Å²) in [5, 5.41) is 0. The number of hydrogen-bond acceptors (Lipinski definition) is 6. The molecule has 1 aliphatic heterocycles. The number of aromatic nitrogens is 2. The van der Waals surface area contributed by atoms with E-state index in [1.54, 1.807) is 0 Å². The number of nitrogen functional groups attached to an aromatic ring is 1. The van der Waals surface area contributed by atoms with Crippen LogP contribution in [0, 0.1) is 0 Å². The molecule has 1 aromatic rings. The first-order chi connectivity index (χ1) is 8.65. The Bertz CT molecular complexity index is 413. The van der Waals surface area contributed by atoms with Crippen LogP contribution in [-0.2, 0) is 4.74 Å². The monoisotopic (exact) mass is 252 g/mol. The van der Waals surface area contributed by atoms with E-state index >= 15 is 0 Å². The number of likely N-dealkylation sites (N-methyl/N-ethyl adjacent to an activating group) is 1. The van der Waals surface area contributed by atoms with Crippen LogP contribution in [0.5, 0.6) is 5.88 Å². The average molecular weight is 252 g/mol. The first-order valence-corrected chi connectivity index (χ1v) is 6.22. The molecule has 0 amide bonds. The molecular weight excluding hydrogens is 232 g/mol. The van der Waals surface area contributed by atoms with Crippen molar-refractivity contribution < 1.29 is 9.47 Å². The second-order valence-electron chi connectivity index (χ2n) is 4.39. The highest BCUT2D eigenvalue weighted by molar-refractivity contribution is 5.67.